The van der Waals surface area contributed by atoms with Gasteiger partial charge in [-0.15, -0.1) is 0 Å². The Morgan fingerprint density at radius 1 is 1.14 bits per heavy atom. The number of hydrogen-bond donors (Lipinski definition) is 1. The van der Waals surface area contributed by atoms with Crippen LogP contribution in [0.15, 0.2) is 42.5 Å². The Bertz CT molecular complexity index is 904. The van der Waals surface area contributed by atoms with Crippen molar-refractivity contribution < 1.29 is 19.6 Å². The van der Waals surface area contributed by atoms with Crippen LogP contribution >= 0.6 is 11.6 Å². The predicted octanol–water partition coefficient (Wildman–Crippen LogP) is 3.16. The third-order valence-electron chi connectivity index (χ3n) is 4.26. The number of carboxylic acid groups (broad SMARTS) is 1. The Kier molecular flexibility index (Phi) is 6.41. The molecule has 1 atom stereocenters. The highest BCUT2D eigenvalue weighted by Gasteiger charge is 2.21. The number of halogens is 1. The van der Waals surface area contributed by atoms with Crippen LogP contribution in [0, 0.1) is 10.1 Å². The summed E-state index contributed by atoms with van der Waals surface area (Å²) in [7, 11) is 0. The van der Waals surface area contributed by atoms with Crippen LogP contribution in [0.4, 0.5) is 5.69 Å². The van der Waals surface area contributed by atoms with Crippen molar-refractivity contribution in [2.45, 2.75) is 38.6 Å². The largest absolute Gasteiger partial charge is 0.550 e. The summed E-state index contributed by atoms with van der Waals surface area (Å²) in [6.45, 7) is 6.16. The lowest BCUT2D eigenvalue weighted by Crippen LogP contribution is -2.34. The SMILES string of the molecule is CC(C)(C)c1ccc([C@H](CC(=O)[O-])NC(=O)c2ccc([N+](=O)[O-])cc2Cl)cc1. The van der Waals surface area contributed by atoms with E-state index in [-0.39, 0.29) is 21.7 Å². The number of non-ortho nitro benzene ring substituents is 1. The molecule has 0 fully saturated rings. The van der Waals surface area contributed by atoms with Gasteiger partial charge >= 0.3 is 0 Å². The fourth-order valence-corrected chi connectivity index (χ4v) is 2.93. The first-order valence-corrected chi connectivity index (χ1v) is 8.92. The highest BCUT2D eigenvalue weighted by atomic mass is 35.5. The lowest BCUT2D eigenvalue weighted by Gasteiger charge is -2.23. The van der Waals surface area contributed by atoms with Crippen molar-refractivity contribution in [3.05, 3.63) is 74.3 Å². The second-order valence-electron chi connectivity index (χ2n) is 7.40. The minimum absolute atomic E-state index is 0.0157. The van der Waals surface area contributed by atoms with Gasteiger partial charge in [0.15, 0.2) is 0 Å². The molecule has 2 aromatic rings. The molecule has 0 aliphatic carbocycles. The number of nitro benzene ring substituents is 1. The topological polar surface area (TPSA) is 112 Å². The molecule has 0 saturated carbocycles. The first-order valence-electron chi connectivity index (χ1n) is 8.54. The first kappa shape index (κ1) is 21.4. The maximum absolute atomic E-state index is 12.6. The Labute approximate surface area is 167 Å². The molecule has 8 heteroatoms. The Hall–Kier alpha value is -2.93. The van der Waals surface area contributed by atoms with Gasteiger partial charge in [-0.05, 0) is 22.6 Å². The molecule has 148 valence electrons. The minimum atomic E-state index is -1.32. The Balaban J connectivity index is 2.28. The van der Waals surface area contributed by atoms with Gasteiger partial charge in [0.2, 0.25) is 0 Å². The molecule has 7 nitrogen and oxygen atoms in total. The number of hydrogen-bond acceptors (Lipinski definition) is 5. The molecule has 2 aromatic carbocycles. The van der Waals surface area contributed by atoms with E-state index in [2.05, 4.69) is 26.1 Å². The molecule has 0 radical (unpaired) electrons. The van der Waals surface area contributed by atoms with Gasteiger partial charge in [0.1, 0.15) is 0 Å². The number of nitro groups is 1. The normalized spacial score (nSPS) is 12.3. The lowest BCUT2D eigenvalue weighted by molar-refractivity contribution is -0.384. The van der Waals surface area contributed by atoms with Crippen molar-refractivity contribution in [1.29, 1.82) is 0 Å². The summed E-state index contributed by atoms with van der Waals surface area (Å²) in [5.74, 6) is -1.95. The average molecular weight is 404 g/mol. The quantitative estimate of drug-likeness (QED) is 0.588. The summed E-state index contributed by atoms with van der Waals surface area (Å²) in [5, 5.41) is 24.5. The summed E-state index contributed by atoms with van der Waals surface area (Å²) in [5.41, 5.74) is 1.36. The molecule has 0 aromatic heterocycles. The number of nitrogens with zero attached hydrogens (tertiary/aromatic N) is 1. The van der Waals surface area contributed by atoms with E-state index in [0.29, 0.717) is 5.56 Å². The van der Waals surface area contributed by atoms with E-state index in [4.69, 9.17) is 11.6 Å². The molecule has 1 N–H and O–H groups in total. The zero-order valence-electron chi connectivity index (χ0n) is 15.7. The van der Waals surface area contributed by atoms with E-state index >= 15 is 0 Å². The maximum atomic E-state index is 12.6. The van der Waals surface area contributed by atoms with Crippen LogP contribution in [0.25, 0.3) is 0 Å². The van der Waals surface area contributed by atoms with E-state index in [9.17, 15) is 24.8 Å². The lowest BCUT2D eigenvalue weighted by atomic mass is 9.86. The van der Waals surface area contributed by atoms with Crippen molar-refractivity contribution in [3.8, 4) is 0 Å². The smallest absolute Gasteiger partial charge is 0.270 e. The van der Waals surface area contributed by atoms with E-state index in [1.807, 2.05) is 12.1 Å². The van der Waals surface area contributed by atoms with Gasteiger partial charge in [0, 0.05) is 24.5 Å². The van der Waals surface area contributed by atoms with Gasteiger partial charge < -0.3 is 15.2 Å². The molecule has 28 heavy (non-hydrogen) atoms. The number of rotatable bonds is 6. The zero-order chi connectivity index (χ0) is 21.1. The van der Waals surface area contributed by atoms with Crippen LogP contribution < -0.4 is 10.4 Å². The Morgan fingerprint density at radius 2 is 1.75 bits per heavy atom. The van der Waals surface area contributed by atoms with Crippen LogP contribution in [0.2, 0.25) is 5.02 Å². The first-order chi connectivity index (χ1) is 13.0. The van der Waals surface area contributed by atoms with E-state index in [0.717, 1.165) is 17.7 Å². The van der Waals surface area contributed by atoms with Gasteiger partial charge in [-0.1, -0.05) is 56.6 Å². The fourth-order valence-electron chi connectivity index (χ4n) is 2.67. The highest BCUT2D eigenvalue weighted by Crippen LogP contribution is 2.26. The summed E-state index contributed by atoms with van der Waals surface area (Å²) >= 11 is 5.98. The van der Waals surface area contributed by atoms with Crippen molar-refractivity contribution in [3.63, 3.8) is 0 Å². The van der Waals surface area contributed by atoms with Gasteiger partial charge in [0.25, 0.3) is 11.6 Å². The predicted molar refractivity (Wildman–Crippen MR) is 103 cm³/mol. The van der Waals surface area contributed by atoms with Gasteiger partial charge in [-0.3, -0.25) is 14.9 Å². The fraction of sp³-hybridized carbons (Fsp3) is 0.300. The summed E-state index contributed by atoms with van der Waals surface area (Å²) in [6, 6.07) is 9.89. The van der Waals surface area contributed by atoms with Crippen LogP contribution in [0.5, 0.6) is 0 Å². The average Bonchev–Trinajstić information content (AvgIpc) is 2.59. The third kappa shape index (κ3) is 5.29. The van der Waals surface area contributed by atoms with Crippen molar-refractivity contribution in [2.75, 3.05) is 0 Å². The van der Waals surface area contributed by atoms with Crippen molar-refractivity contribution in [2.24, 2.45) is 0 Å². The zero-order valence-corrected chi connectivity index (χ0v) is 16.4. The standard InChI is InChI=1S/C20H21ClN2O5/c1-20(2,3)13-6-4-12(5-7-13)17(11-18(24)25)22-19(26)15-9-8-14(23(27)28)10-16(15)21/h4-10,17H,11H2,1-3H3,(H,22,26)(H,24,25)/p-1/t17-/m0/s1. The third-order valence-corrected chi connectivity index (χ3v) is 4.58. The Morgan fingerprint density at radius 3 is 2.21 bits per heavy atom. The number of carboxylic acids is 1. The number of nitrogens with one attached hydrogen (secondary N) is 1. The summed E-state index contributed by atoms with van der Waals surface area (Å²) < 4.78 is 0. The molecule has 0 spiro atoms. The van der Waals surface area contributed by atoms with E-state index in [1.54, 1.807) is 12.1 Å². The number of carbonyl (C=O) groups is 2. The molecule has 0 bridgehead atoms. The molecule has 0 unspecified atom stereocenters. The number of aliphatic carboxylic acids is 1. The van der Waals surface area contributed by atoms with Crippen LogP contribution in [-0.4, -0.2) is 16.8 Å². The highest BCUT2D eigenvalue weighted by molar-refractivity contribution is 6.34. The van der Waals surface area contributed by atoms with Crippen molar-refractivity contribution >= 4 is 29.2 Å². The molecular formula is C20H20ClN2O5-. The summed E-state index contributed by atoms with van der Waals surface area (Å²) in [4.78, 5) is 33.9. The maximum Gasteiger partial charge on any atom is 0.270 e. The van der Waals surface area contributed by atoms with Crippen molar-refractivity contribution in [1.82, 2.24) is 5.32 Å². The molecular weight excluding hydrogens is 384 g/mol. The molecule has 1 amide bonds. The number of amides is 1. The van der Waals surface area contributed by atoms with Gasteiger partial charge in [-0.25, -0.2) is 0 Å². The molecule has 0 saturated heterocycles. The molecule has 0 aliphatic heterocycles. The monoisotopic (exact) mass is 403 g/mol. The second kappa shape index (κ2) is 8.39. The van der Waals surface area contributed by atoms with Crippen LogP contribution in [0.1, 0.15) is 54.7 Å². The van der Waals surface area contributed by atoms with Crippen LogP contribution in [0.3, 0.4) is 0 Å². The summed E-state index contributed by atoms with van der Waals surface area (Å²) in [6.07, 6.45) is -0.425. The molecule has 0 aliphatic rings. The molecule has 2 rings (SSSR count). The number of benzene rings is 2. The van der Waals surface area contributed by atoms with Gasteiger partial charge in [0.05, 0.1) is 21.6 Å². The minimum Gasteiger partial charge on any atom is -0.550 e. The number of carbonyl (C=O) groups excluding carboxylic acids is 2. The van der Waals surface area contributed by atoms with E-state index < -0.39 is 29.3 Å². The molecule has 0 heterocycles. The van der Waals surface area contributed by atoms with Gasteiger partial charge in [-0.2, -0.15) is 0 Å². The van der Waals surface area contributed by atoms with E-state index in [1.165, 1.54) is 6.07 Å². The second-order valence-corrected chi connectivity index (χ2v) is 7.80. The van der Waals surface area contributed by atoms with Crippen LogP contribution in [-0.2, 0) is 10.2 Å².